The largest absolute Gasteiger partial charge is 0.298 e. The molecule has 0 bridgehead atoms. The predicted molar refractivity (Wildman–Crippen MR) is 125 cm³/mol. The molecule has 148 valence electrons. The van der Waals surface area contributed by atoms with Gasteiger partial charge in [-0.1, -0.05) is 53.5 Å². The molecule has 2 amide bonds. The Morgan fingerprint density at radius 2 is 1.47 bits per heavy atom. The van der Waals surface area contributed by atoms with Gasteiger partial charge in [0.05, 0.1) is 5.69 Å². The molecule has 0 unspecified atom stereocenters. The van der Waals surface area contributed by atoms with Gasteiger partial charge in [-0.25, -0.2) is 0 Å². The van der Waals surface area contributed by atoms with Gasteiger partial charge in [0.2, 0.25) is 0 Å². The van der Waals surface area contributed by atoms with Crippen LogP contribution in [0.2, 0.25) is 10.0 Å². The van der Waals surface area contributed by atoms with Gasteiger partial charge < -0.3 is 0 Å². The number of thiocarbonyl (C=S) groups is 1. The van der Waals surface area contributed by atoms with Gasteiger partial charge in [0, 0.05) is 10.0 Å². The molecule has 1 heterocycles. The lowest BCUT2D eigenvalue weighted by molar-refractivity contribution is -0.122. The molecule has 1 N–H and O–H groups in total. The highest BCUT2D eigenvalue weighted by molar-refractivity contribution is 7.80. The van der Waals surface area contributed by atoms with Crippen molar-refractivity contribution in [2.24, 2.45) is 0 Å². The van der Waals surface area contributed by atoms with E-state index in [1.807, 2.05) is 48.5 Å². The lowest BCUT2D eigenvalue weighted by Gasteiger charge is -2.29. The minimum Gasteiger partial charge on any atom is -0.298 e. The molecule has 0 aliphatic carbocycles. The number of benzene rings is 3. The molecule has 3 aromatic carbocycles. The Morgan fingerprint density at radius 1 is 0.833 bits per heavy atom. The molecule has 0 saturated carbocycles. The fraction of sp³-hybridized carbons (Fsp3) is 0. The van der Waals surface area contributed by atoms with E-state index in [1.165, 1.54) is 4.90 Å². The van der Waals surface area contributed by atoms with E-state index in [0.29, 0.717) is 21.3 Å². The van der Waals surface area contributed by atoms with Crippen molar-refractivity contribution in [3.63, 3.8) is 0 Å². The van der Waals surface area contributed by atoms with Crippen LogP contribution in [0.25, 0.3) is 17.2 Å². The van der Waals surface area contributed by atoms with E-state index in [-0.39, 0.29) is 10.7 Å². The highest BCUT2D eigenvalue weighted by atomic mass is 35.5. The van der Waals surface area contributed by atoms with Crippen LogP contribution in [0.4, 0.5) is 5.69 Å². The monoisotopic (exact) mass is 452 g/mol. The molecule has 0 spiro atoms. The average molecular weight is 453 g/mol. The zero-order valence-corrected chi connectivity index (χ0v) is 17.8. The van der Waals surface area contributed by atoms with Crippen molar-refractivity contribution < 1.29 is 9.59 Å². The van der Waals surface area contributed by atoms with Crippen LogP contribution in [-0.2, 0) is 9.59 Å². The smallest absolute Gasteiger partial charge is 0.270 e. The first-order valence-electron chi connectivity index (χ1n) is 8.95. The first kappa shape index (κ1) is 20.3. The molecule has 7 heteroatoms. The number of hydrogen-bond acceptors (Lipinski definition) is 3. The molecule has 4 nitrogen and oxygen atoms in total. The Morgan fingerprint density at radius 3 is 2.13 bits per heavy atom. The highest BCUT2D eigenvalue weighted by Crippen LogP contribution is 2.26. The third kappa shape index (κ3) is 4.14. The van der Waals surface area contributed by atoms with Gasteiger partial charge in [-0.3, -0.25) is 19.8 Å². The Labute approximate surface area is 188 Å². The van der Waals surface area contributed by atoms with Gasteiger partial charge in [-0.05, 0) is 77.4 Å². The summed E-state index contributed by atoms with van der Waals surface area (Å²) in [5.41, 5.74) is 3.14. The second-order valence-electron chi connectivity index (χ2n) is 6.57. The number of amides is 2. The Hall–Kier alpha value is -2.99. The van der Waals surface area contributed by atoms with E-state index in [0.717, 1.165) is 11.1 Å². The Kier molecular flexibility index (Phi) is 5.68. The summed E-state index contributed by atoms with van der Waals surface area (Å²) in [5.74, 6) is -1.03. The molecule has 3 aromatic rings. The average Bonchev–Trinajstić information content (AvgIpc) is 2.73. The van der Waals surface area contributed by atoms with E-state index >= 15 is 0 Å². The third-order valence-corrected chi connectivity index (χ3v) is 5.35. The van der Waals surface area contributed by atoms with Crippen molar-refractivity contribution in [3.05, 3.63) is 94.0 Å². The SMILES string of the molecule is O=C1NC(=S)N(c2ccc(Cl)cc2)C(=O)C1=Cc1cccc(-c2ccc(Cl)cc2)c1. The molecular formula is C23H14Cl2N2O2S. The lowest BCUT2D eigenvalue weighted by Crippen LogP contribution is -2.54. The first-order valence-corrected chi connectivity index (χ1v) is 10.1. The lowest BCUT2D eigenvalue weighted by atomic mass is 10.0. The van der Waals surface area contributed by atoms with Crippen LogP contribution in [-0.4, -0.2) is 16.9 Å². The van der Waals surface area contributed by atoms with Crippen LogP contribution >= 0.6 is 35.4 Å². The summed E-state index contributed by atoms with van der Waals surface area (Å²) in [6, 6.07) is 21.6. The first-order chi connectivity index (χ1) is 14.4. The minimum atomic E-state index is -0.535. The minimum absolute atomic E-state index is 0.00759. The van der Waals surface area contributed by atoms with Crippen LogP contribution in [0.3, 0.4) is 0 Å². The van der Waals surface area contributed by atoms with Gasteiger partial charge in [-0.2, -0.15) is 0 Å². The molecule has 0 radical (unpaired) electrons. The summed E-state index contributed by atoms with van der Waals surface area (Å²) < 4.78 is 0. The van der Waals surface area contributed by atoms with Crippen LogP contribution in [0.5, 0.6) is 0 Å². The summed E-state index contributed by atoms with van der Waals surface area (Å²) in [6.45, 7) is 0. The zero-order valence-electron chi connectivity index (χ0n) is 15.4. The van der Waals surface area contributed by atoms with Gasteiger partial charge in [0.25, 0.3) is 11.8 Å². The zero-order chi connectivity index (χ0) is 21.3. The Bertz CT molecular complexity index is 1190. The van der Waals surface area contributed by atoms with Gasteiger partial charge in [-0.15, -0.1) is 0 Å². The Balaban J connectivity index is 1.70. The van der Waals surface area contributed by atoms with Gasteiger partial charge in [0.1, 0.15) is 5.57 Å². The number of hydrogen-bond donors (Lipinski definition) is 1. The van der Waals surface area contributed by atoms with E-state index in [1.54, 1.807) is 30.3 Å². The highest BCUT2D eigenvalue weighted by Gasteiger charge is 2.34. The molecule has 0 atom stereocenters. The van der Waals surface area contributed by atoms with Crippen molar-refractivity contribution in [2.75, 3.05) is 4.90 Å². The fourth-order valence-electron chi connectivity index (χ4n) is 3.10. The molecule has 1 saturated heterocycles. The molecule has 1 aliphatic rings. The maximum Gasteiger partial charge on any atom is 0.270 e. The quantitative estimate of drug-likeness (QED) is 0.324. The van der Waals surface area contributed by atoms with E-state index in [2.05, 4.69) is 5.32 Å². The standard InChI is InChI=1S/C23H14Cl2N2O2S/c24-17-6-4-15(5-7-17)16-3-1-2-14(12-16)13-20-21(28)26-23(30)27(22(20)29)19-10-8-18(25)9-11-19/h1-13H,(H,26,28,30). The normalized spacial score (nSPS) is 15.5. The van der Waals surface area contributed by atoms with Crippen molar-refractivity contribution >= 4 is 64.1 Å². The van der Waals surface area contributed by atoms with Crippen molar-refractivity contribution in [1.29, 1.82) is 0 Å². The number of carbonyl (C=O) groups is 2. The number of rotatable bonds is 3. The van der Waals surface area contributed by atoms with Gasteiger partial charge >= 0.3 is 0 Å². The second kappa shape index (κ2) is 8.40. The molecule has 30 heavy (non-hydrogen) atoms. The molecule has 4 rings (SSSR count). The van der Waals surface area contributed by atoms with E-state index in [9.17, 15) is 9.59 Å². The number of nitrogens with one attached hydrogen (secondary N) is 1. The molecule has 0 aromatic heterocycles. The third-order valence-electron chi connectivity index (χ3n) is 4.56. The number of anilines is 1. The maximum absolute atomic E-state index is 13.1. The fourth-order valence-corrected chi connectivity index (χ4v) is 3.63. The summed E-state index contributed by atoms with van der Waals surface area (Å²) in [6.07, 6.45) is 1.56. The predicted octanol–water partition coefficient (Wildman–Crippen LogP) is 5.49. The van der Waals surface area contributed by atoms with Gasteiger partial charge in [0.15, 0.2) is 5.11 Å². The number of carbonyl (C=O) groups excluding carboxylic acids is 2. The second-order valence-corrected chi connectivity index (χ2v) is 7.83. The summed E-state index contributed by atoms with van der Waals surface area (Å²) in [5, 5.41) is 3.79. The number of halogens is 2. The topological polar surface area (TPSA) is 49.4 Å². The van der Waals surface area contributed by atoms with Crippen LogP contribution in [0.15, 0.2) is 78.4 Å². The van der Waals surface area contributed by atoms with Crippen molar-refractivity contribution in [2.45, 2.75) is 0 Å². The van der Waals surface area contributed by atoms with Crippen molar-refractivity contribution in [1.82, 2.24) is 5.32 Å². The molecule has 1 fully saturated rings. The molecule has 1 aliphatic heterocycles. The van der Waals surface area contributed by atoms with Crippen molar-refractivity contribution in [3.8, 4) is 11.1 Å². The summed E-state index contributed by atoms with van der Waals surface area (Å²) in [4.78, 5) is 26.9. The number of nitrogens with zero attached hydrogens (tertiary/aromatic N) is 1. The van der Waals surface area contributed by atoms with Crippen LogP contribution < -0.4 is 10.2 Å². The maximum atomic E-state index is 13.1. The van der Waals surface area contributed by atoms with E-state index < -0.39 is 11.8 Å². The summed E-state index contributed by atoms with van der Waals surface area (Å²) >= 11 is 17.1. The van der Waals surface area contributed by atoms with E-state index in [4.69, 9.17) is 35.4 Å². The molecular weight excluding hydrogens is 439 g/mol. The van der Waals surface area contributed by atoms with Crippen LogP contribution in [0.1, 0.15) is 5.56 Å². The summed E-state index contributed by atoms with van der Waals surface area (Å²) in [7, 11) is 0. The van der Waals surface area contributed by atoms with Crippen LogP contribution in [0, 0.1) is 0 Å².